The first-order valence-corrected chi connectivity index (χ1v) is 10.2. The van der Waals surface area contributed by atoms with Crippen molar-refractivity contribution in [3.8, 4) is 11.5 Å². The van der Waals surface area contributed by atoms with Gasteiger partial charge < -0.3 is 30.3 Å². The number of amides is 3. The highest BCUT2D eigenvalue weighted by Crippen LogP contribution is 2.28. The fourth-order valence-electron chi connectivity index (χ4n) is 3.45. The molecule has 1 fully saturated rings. The van der Waals surface area contributed by atoms with E-state index in [1.54, 1.807) is 20.3 Å². The fourth-order valence-corrected chi connectivity index (χ4v) is 3.45. The van der Waals surface area contributed by atoms with Crippen molar-refractivity contribution in [3.63, 3.8) is 0 Å². The van der Waals surface area contributed by atoms with Gasteiger partial charge in [0.25, 0.3) is 0 Å². The number of hydrogen-bond donors (Lipinski definition) is 4. The van der Waals surface area contributed by atoms with Crippen molar-refractivity contribution in [3.05, 3.63) is 23.8 Å². The lowest BCUT2D eigenvalue weighted by atomic mass is 9.99. The predicted molar refractivity (Wildman–Crippen MR) is 111 cm³/mol. The molecular formula is C21H33N3O6. The second-order valence-electron chi connectivity index (χ2n) is 7.55. The molecule has 0 unspecified atom stereocenters. The van der Waals surface area contributed by atoms with Crippen LogP contribution in [-0.4, -0.2) is 72.7 Å². The largest absolute Gasteiger partial charge is 0.493 e. The molecule has 4 atom stereocenters. The minimum atomic E-state index is -1.11. The summed E-state index contributed by atoms with van der Waals surface area (Å²) in [5.41, 5.74) is 0.924. The summed E-state index contributed by atoms with van der Waals surface area (Å²) < 4.78 is 10.5. The predicted octanol–water partition coefficient (Wildman–Crippen LogP) is 0.872. The average molecular weight is 424 g/mol. The summed E-state index contributed by atoms with van der Waals surface area (Å²) in [7, 11) is 3.11. The number of benzene rings is 1. The molecule has 3 amide bonds. The minimum absolute atomic E-state index is 0.0628. The van der Waals surface area contributed by atoms with E-state index in [9.17, 15) is 19.8 Å². The Morgan fingerprint density at radius 2 is 2.00 bits per heavy atom. The van der Waals surface area contributed by atoms with E-state index >= 15 is 0 Å². The second kappa shape index (κ2) is 11.0. The van der Waals surface area contributed by atoms with Crippen molar-refractivity contribution in [1.29, 1.82) is 0 Å². The van der Waals surface area contributed by atoms with Crippen molar-refractivity contribution in [1.82, 2.24) is 15.5 Å². The second-order valence-corrected chi connectivity index (χ2v) is 7.55. The van der Waals surface area contributed by atoms with Crippen LogP contribution in [0.2, 0.25) is 0 Å². The molecule has 1 heterocycles. The monoisotopic (exact) mass is 423 g/mol. The Kier molecular flexibility index (Phi) is 8.73. The first-order chi connectivity index (χ1) is 14.3. The molecule has 1 aliphatic heterocycles. The van der Waals surface area contributed by atoms with Gasteiger partial charge in [-0.2, -0.15) is 0 Å². The number of hydrogen-bond acceptors (Lipinski definition) is 6. The van der Waals surface area contributed by atoms with Crippen molar-refractivity contribution in [2.24, 2.45) is 5.92 Å². The summed E-state index contributed by atoms with van der Waals surface area (Å²) in [5.74, 6) is 1.01. The van der Waals surface area contributed by atoms with Crippen LogP contribution in [0, 0.1) is 5.92 Å². The van der Waals surface area contributed by atoms with Gasteiger partial charge in [-0.05, 0) is 30.0 Å². The summed E-state index contributed by atoms with van der Waals surface area (Å²) in [6.45, 7) is 4.06. The third-order valence-corrected chi connectivity index (χ3v) is 5.62. The van der Waals surface area contributed by atoms with E-state index in [0.717, 1.165) is 12.0 Å². The zero-order valence-corrected chi connectivity index (χ0v) is 18.1. The van der Waals surface area contributed by atoms with Crippen molar-refractivity contribution in [2.75, 3.05) is 27.4 Å². The minimum Gasteiger partial charge on any atom is -0.493 e. The van der Waals surface area contributed by atoms with Gasteiger partial charge in [0.05, 0.1) is 39.3 Å². The third kappa shape index (κ3) is 5.76. The summed E-state index contributed by atoms with van der Waals surface area (Å²) in [6, 6.07) is 4.01. The molecule has 2 rings (SSSR count). The van der Waals surface area contributed by atoms with Crippen LogP contribution in [0.3, 0.4) is 0 Å². The number of urea groups is 1. The molecule has 168 valence electrons. The molecule has 30 heavy (non-hydrogen) atoms. The lowest BCUT2D eigenvalue weighted by Gasteiger charge is -2.24. The molecule has 9 heteroatoms. The normalized spacial score (nSPS) is 20.5. The van der Waals surface area contributed by atoms with E-state index in [1.807, 2.05) is 26.0 Å². The maximum Gasteiger partial charge on any atom is 0.319 e. The maximum atomic E-state index is 12.3. The lowest BCUT2D eigenvalue weighted by molar-refractivity contribution is -0.123. The number of aliphatic hydroxyl groups is 2. The number of carbonyl (C=O) groups excluding carboxylic acids is 2. The van der Waals surface area contributed by atoms with E-state index in [-0.39, 0.29) is 37.4 Å². The highest BCUT2D eigenvalue weighted by molar-refractivity contribution is 5.81. The van der Waals surface area contributed by atoms with Crippen LogP contribution in [0.4, 0.5) is 4.79 Å². The summed E-state index contributed by atoms with van der Waals surface area (Å²) in [4.78, 5) is 25.9. The van der Waals surface area contributed by atoms with E-state index < -0.39 is 18.3 Å². The summed E-state index contributed by atoms with van der Waals surface area (Å²) in [6.07, 6.45) is 0.148. The summed E-state index contributed by atoms with van der Waals surface area (Å²) in [5, 5.41) is 25.5. The van der Waals surface area contributed by atoms with E-state index in [4.69, 9.17) is 9.47 Å². The van der Waals surface area contributed by atoms with Gasteiger partial charge in [0.1, 0.15) is 0 Å². The number of ether oxygens (including phenoxy) is 2. The molecule has 1 aromatic carbocycles. The molecular weight excluding hydrogens is 390 g/mol. The number of nitrogens with zero attached hydrogens (tertiary/aromatic N) is 1. The van der Waals surface area contributed by atoms with E-state index in [1.165, 1.54) is 4.90 Å². The zero-order chi connectivity index (χ0) is 22.3. The standard InChI is InChI=1S/C21H33N3O6/c1-5-13(2)16(12-25)22-19(26)11-15-20(27)24(21(28)23-15)9-8-14-6-7-17(29-3)18(10-14)30-4/h6-7,10,13,15-16,20,25,27H,5,8-9,11-12H2,1-4H3,(H,22,26)(H,23,28)/t13-,15+,16-,20-/m1/s1. The van der Waals surface area contributed by atoms with Gasteiger partial charge in [-0.3, -0.25) is 9.69 Å². The smallest absolute Gasteiger partial charge is 0.319 e. The van der Waals surface area contributed by atoms with Gasteiger partial charge in [-0.1, -0.05) is 26.3 Å². The van der Waals surface area contributed by atoms with Crippen molar-refractivity contribution in [2.45, 2.75) is 51.4 Å². The van der Waals surface area contributed by atoms with Crippen LogP contribution in [0.1, 0.15) is 32.3 Å². The van der Waals surface area contributed by atoms with Crippen LogP contribution < -0.4 is 20.1 Å². The Morgan fingerprint density at radius 1 is 1.30 bits per heavy atom. The van der Waals surface area contributed by atoms with Crippen LogP contribution in [0.5, 0.6) is 11.5 Å². The number of aliphatic hydroxyl groups excluding tert-OH is 2. The molecule has 1 aromatic rings. The molecule has 0 aromatic heterocycles. The van der Waals surface area contributed by atoms with Crippen LogP contribution in [0.15, 0.2) is 18.2 Å². The van der Waals surface area contributed by atoms with E-state index in [0.29, 0.717) is 17.9 Å². The SMILES string of the molecule is CC[C@@H](C)[C@@H](CO)NC(=O)C[C@@H]1NC(=O)N(CCc2ccc(OC)c(OC)c2)[C@@H]1O. The summed E-state index contributed by atoms with van der Waals surface area (Å²) >= 11 is 0. The van der Waals surface area contributed by atoms with Gasteiger partial charge in [0, 0.05) is 6.54 Å². The molecule has 0 aliphatic carbocycles. The number of nitrogens with one attached hydrogen (secondary N) is 2. The Morgan fingerprint density at radius 3 is 2.60 bits per heavy atom. The van der Waals surface area contributed by atoms with Crippen molar-refractivity contribution >= 4 is 11.9 Å². The maximum absolute atomic E-state index is 12.3. The molecule has 9 nitrogen and oxygen atoms in total. The van der Waals surface area contributed by atoms with Gasteiger partial charge in [0.2, 0.25) is 5.91 Å². The first kappa shape index (κ1) is 23.8. The van der Waals surface area contributed by atoms with E-state index in [2.05, 4.69) is 10.6 Å². The zero-order valence-electron chi connectivity index (χ0n) is 18.1. The van der Waals surface area contributed by atoms with Gasteiger partial charge in [0.15, 0.2) is 17.7 Å². The first-order valence-electron chi connectivity index (χ1n) is 10.2. The highest BCUT2D eigenvalue weighted by Gasteiger charge is 2.39. The molecule has 0 radical (unpaired) electrons. The number of rotatable bonds is 11. The quantitative estimate of drug-likeness (QED) is 0.419. The van der Waals surface area contributed by atoms with Gasteiger partial charge >= 0.3 is 6.03 Å². The molecule has 0 saturated carbocycles. The van der Waals surface area contributed by atoms with Gasteiger partial charge in [-0.15, -0.1) is 0 Å². The molecule has 4 N–H and O–H groups in total. The number of carbonyl (C=O) groups is 2. The number of methoxy groups -OCH3 is 2. The van der Waals surface area contributed by atoms with Gasteiger partial charge in [-0.25, -0.2) is 4.79 Å². The van der Waals surface area contributed by atoms with Crippen molar-refractivity contribution < 1.29 is 29.3 Å². The Labute approximate surface area is 177 Å². The lowest BCUT2D eigenvalue weighted by Crippen LogP contribution is -2.45. The topological polar surface area (TPSA) is 120 Å². The molecule has 1 saturated heterocycles. The highest BCUT2D eigenvalue weighted by atomic mass is 16.5. The molecule has 0 bridgehead atoms. The Bertz CT molecular complexity index is 729. The Balaban J connectivity index is 1.93. The third-order valence-electron chi connectivity index (χ3n) is 5.62. The Hall–Kier alpha value is -2.52. The van der Waals surface area contributed by atoms with Crippen LogP contribution in [-0.2, 0) is 11.2 Å². The van der Waals surface area contributed by atoms with Crippen LogP contribution in [0.25, 0.3) is 0 Å². The van der Waals surface area contributed by atoms with Crippen LogP contribution >= 0.6 is 0 Å². The fraction of sp³-hybridized carbons (Fsp3) is 0.619. The average Bonchev–Trinajstić information content (AvgIpc) is 3.01. The molecule has 1 aliphatic rings. The molecule has 0 spiro atoms.